The lowest BCUT2D eigenvalue weighted by atomic mass is 9.99. The molecule has 40 heavy (non-hydrogen) atoms. The lowest BCUT2D eigenvalue weighted by Crippen LogP contribution is -2.56. The third kappa shape index (κ3) is 8.12. The first kappa shape index (κ1) is 29.2. The second-order valence-electron chi connectivity index (χ2n) is 10.6. The molecule has 0 unspecified atom stereocenters. The van der Waals surface area contributed by atoms with E-state index in [1.165, 1.54) is 0 Å². The Balaban J connectivity index is 1.47. The van der Waals surface area contributed by atoms with Gasteiger partial charge in [0.05, 0.1) is 25.7 Å². The second kappa shape index (κ2) is 13.5. The molecule has 2 aromatic carbocycles. The third-order valence-electron chi connectivity index (χ3n) is 7.34. The van der Waals surface area contributed by atoms with E-state index in [0.717, 1.165) is 24.1 Å². The summed E-state index contributed by atoms with van der Waals surface area (Å²) in [6.07, 6.45) is 0.688. The monoisotopic (exact) mass is 550 g/mol. The van der Waals surface area contributed by atoms with Crippen LogP contribution in [-0.4, -0.2) is 86.5 Å². The van der Waals surface area contributed by atoms with Crippen molar-refractivity contribution in [3.8, 4) is 5.75 Å². The van der Waals surface area contributed by atoms with Gasteiger partial charge in [-0.1, -0.05) is 42.5 Å². The minimum absolute atomic E-state index is 0.173. The first-order chi connectivity index (χ1) is 19.2. The molecule has 0 radical (unpaired) electrons. The fourth-order valence-corrected chi connectivity index (χ4v) is 4.83. The van der Waals surface area contributed by atoms with E-state index in [1.807, 2.05) is 49.5 Å². The molecule has 3 amide bonds. The Morgan fingerprint density at radius 1 is 0.925 bits per heavy atom. The maximum atomic E-state index is 13.6. The number of ether oxygens (including phenoxy) is 2. The molecule has 3 N–H and O–H groups in total. The summed E-state index contributed by atoms with van der Waals surface area (Å²) in [4.78, 5) is 54.5. The molecular weight excluding hydrogens is 512 g/mol. The first-order valence-corrected chi connectivity index (χ1v) is 13.7. The normalized spacial score (nSPS) is 20.6. The number of epoxide rings is 1. The number of hydrogen-bond acceptors (Lipinski definition) is 7. The van der Waals surface area contributed by atoms with Crippen molar-refractivity contribution >= 4 is 23.5 Å². The number of ketones is 1. The predicted octanol–water partition coefficient (Wildman–Crippen LogP) is 0.874. The van der Waals surface area contributed by atoms with Crippen molar-refractivity contribution in [1.82, 2.24) is 20.9 Å². The molecule has 214 valence electrons. The molecule has 10 nitrogen and oxygen atoms in total. The van der Waals surface area contributed by atoms with E-state index in [-0.39, 0.29) is 24.0 Å². The molecule has 0 spiro atoms. The van der Waals surface area contributed by atoms with Crippen molar-refractivity contribution < 1.29 is 28.7 Å². The molecule has 4 rings (SSSR count). The summed E-state index contributed by atoms with van der Waals surface area (Å²) >= 11 is 0. The van der Waals surface area contributed by atoms with Crippen molar-refractivity contribution in [2.45, 2.75) is 50.4 Å². The molecule has 10 heteroatoms. The van der Waals surface area contributed by atoms with E-state index in [0.29, 0.717) is 25.3 Å². The van der Waals surface area contributed by atoms with E-state index in [9.17, 15) is 19.2 Å². The van der Waals surface area contributed by atoms with Gasteiger partial charge in [0, 0.05) is 13.0 Å². The fourth-order valence-electron chi connectivity index (χ4n) is 4.83. The largest absolute Gasteiger partial charge is 0.497 e. The van der Waals surface area contributed by atoms with Crippen molar-refractivity contribution in [3.05, 3.63) is 65.7 Å². The number of benzene rings is 2. The van der Waals surface area contributed by atoms with Crippen LogP contribution >= 0.6 is 0 Å². The number of Topliss-reactive ketones (excluding diaryl/α,β-unsaturated/α-hetero) is 1. The number of rotatable bonds is 13. The van der Waals surface area contributed by atoms with Gasteiger partial charge >= 0.3 is 0 Å². The fraction of sp³-hybridized carbons (Fsp3) is 0.467. The van der Waals surface area contributed by atoms with Gasteiger partial charge in [0.25, 0.3) is 0 Å². The van der Waals surface area contributed by atoms with Crippen molar-refractivity contribution in [1.29, 1.82) is 0 Å². The smallest absolute Gasteiger partial charge is 0.243 e. The zero-order valence-corrected chi connectivity index (χ0v) is 23.2. The highest BCUT2D eigenvalue weighted by Gasteiger charge is 2.38. The van der Waals surface area contributed by atoms with Crippen LogP contribution in [0.25, 0.3) is 0 Å². The highest BCUT2D eigenvalue weighted by molar-refractivity contribution is 5.96. The number of nitrogens with one attached hydrogen (secondary N) is 3. The summed E-state index contributed by atoms with van der Waals surface area (Å²) < 4.78 is 10.4. The summed E-state index contributed by atoms with van der Waals surface area (Å²) in [6, 6.07) is 14.0. The van der Waals surface area contributed by atoms with E-state index >= 15 is 0 Å². The van der Waals surface area contributed by atoms with Gasteiger partial charge in [-0.2, -0.15) is 0 Å². The summed E-state index contributed by atoms with van der Waals surface area (Å²) in [7, 11) is 3.52. The Morgan fingerprint density at radius 3 is 2.15 bits per heavy atom. The molecule has 2 heterocycles. The maximum absolute atomic E-state index is 13.6. The lowest BCUT2D eigenvalue weighted by molar-refractivity contribution is -0.133. The molecule has 2 saturated heterocycles. The molecule has 5 atom stereocenters. The molecule has 0 aliphatic carbocycles. The number of amides is 3. The molecule has 0 bridgehead atoms. The van der Waals surface area contributed by atoms with Crippen LogP contribution in [0.2, 0.25) is 0 Å². The molecule has 2 aliphatic heterocycles. The number of nitrogens with zero attached hydrogens (tertiary/aromatic N) is 1. The highest BCUT2D eigenvalue weighted by Crippen LogP contribution is 2.17. The van der Waals surface area contributed by atoms with Gasteiger partial charge < -0.3 is 30.3 Å². The molecule has 2 aliphatic rings. The Labute approximate surface area is 234 Å². The molecular formula is C30H38N4O6. The van der Waals surface area contributed by atoms with Crippen LogP contribution in [0, 0.1) is 5.92 Å². The third-order valence-corrected chi connectivity index (χ3v) is 7.34. The molecule has 2 fully saturated rings. The number of hydrogen-bond donors (Lipinski definition) is 3. The average molecular weight is 551 g/mol. The lowest BCUT2D eigenvalue weighted by Gasteiger charge is -2.25. The zero-order chi connectivity index (χ0) is 28.6. The van der Waals surface area contributed by atoms with E-state index in [2.05, 4.69) is 20.9 Å². The molecule has 0 aromatic heterocycles. The number of likely N-dealkylation sites (tertiary alicyclic amines) is 1. The summed E-state index contributed by atoms with van der Waals surface area (Å²) in [6.45, 7) is 3.40. The Morgan fingerprint density at radius 2 is 1.55 bits per heavy atom. The summed E-state index contributed by atoms with van der Waals surface area (Å²) in [5, 5.41) is 8.45. The number of carbonyl (C=O) groups is 4. The van der Waals surface area contributed by atoms with E-state index < -0.39 is 36.0 Å². The van der Waals surface area contributed by atoms with Crippen LogP contribution in [0.1, 0.15) is 24.5 Å². The topological polar surface area (TPSA) is 129 Å². The number of methoxy groups -OCH3 is 1. The van der Waals surface area contributed by atoms with Crippen molar-refractivity contribution in [2.24, 2.45) is 5.92 Å². The Bertz CT molecular complexity index is 1180. The first-order valence-electron chi connectivity index (χ1n) is 13.7. The summed E-state index contributed by atoms with van der Waals surface area (Å²) in [5.41, 5.74) is 1.69. The van der Waals surface area contributed by atoms with Crippen LogP contribution in [0.15, 0.2) is 54.6 Å². The quantitative estimate of drug-likeness (QED) is 0.316. The van der Waals surface area contributed by atoms with Crippen molar-refractivity contribution in [3.63, 3.8) is 0 Å². The Hall–Kier alpha value is -3.76. The van der Waals surface area contributed by atoms with Gasteiger partial charge in [-0.05, 0) is 56.6 Å². The maximum Gasteiger partial charge on any atom is 0.243 e. The van der Waals surface area contributed by atoms with Gasteiger partial charge in [-0.25, -0.2) is 0 Å². The van der Waals surface area contributed by atoms with Crippen LogP contribution in [-0.2, 0) is 36.8 Å². The van der Waals surface area contributed by atoms with Crippen molar-refractivity contribution in [2.75, 3.05) is 33.9 Å². The van der Waals surface area contributed by atoms with Gasteiger partial charge in [-0.15, -0.1) is 0 Å². The molecule has 2 aromatic rings. The van der Waals surface area contributed by atoms with Crippen LogP contribution in [0.3, 0.4) is 0 Å². The average Bonchev–Trinajstić information content (AvgIpc) is 3.72. The standard InChI is InChI=1S/C30H38N4O6/c1-19(31-29(37)22-13-14-34(2)17-22)28(36)33-25(16-21-9-11-23(39-3)12-10-21)30(38)32-24(27(35)26-18-40-26)15-20-7-5-4-6-8-20/h4-12,19,22,24-26H,13-18H2,1-3H3,(H,31,37)(H,32,38)(H,33,36)/t19-,22-,24-,25-,26+/m0/s1. The van der Waals surface area contributed by atoms with E-state index in [1.54, 1.807) is 26.2 Å². The van der Waals surface area contributed by atoms with Gasteiger partial charge in [0.1, 0.15) is 23.9 Å². The second-order valence-corrected chi connectivity index (χ2v) is 10.6. The number of carbonyl (C=O) groups excluding carboxylic acids is 4. The summed E-state index contributed by atoms with van der Waals surface area (Å²) in [5.74, 6) is -0.858. The van der Waals surface area contributed by atoms with Crippen LogP contribution in [0.4, 0.5) is 0 Å². The van der Waals surface area contributed by atoms with Gasteiger partial charge in [0.15, 0.2) is 5.78 Å². The van der Waals surface area contributed by atoms with Gasteiger partial charge in [-0.3, -0.25) is 19.2 Å². The van der Waals surface area contributed by atoms with E-state index in [4.69, 9.17) is 9.47 Å². The zero-order valence-electron chi connectivity index (χ0n) is 23.2. The minimum Gasteiger partial charge on any atom is -0.497 e. The molecule has 0 saturated carbocycles. The van der Waals surface area contributed by atoms with Crippen LogP contribution < -0.4 is 20.7 Å². The Kier molecular flexibility index (Phi) is 9.89. The highest BCUT2D eigenvalue weighted by atomic mass is 16.6. The minimum atomic E-state index is -0.982. The SMILES string of the molecule is COc1ccc(C[C@H](NC(=O)[C@H](C)NC(=O)[C@H]2CCN(C)C2)C(=O)N[C@@H](Cc2ccccc2)C(=O)[C@H]2CO2)cc1. The van der Waals surface area contributed by atoms with Crippen LogP contribution in [0.5, 0.6) is 5.75 Å². The van der Waals surface area contributed by atoms with Gasteiger partial charge in [0.2, 0.25) is 17.7 Å². The predicted molar refractivity (Wildman–Crippen MR) is 149 cm³/mol.